The molecule has 0 fully saturated rings. The normalized spacial score (nSPS) is 11.2. The molecule has 0 atom stereocenters. The van der Waals surface area contributed by atoms with Gasteiger partial charge in [-0.05, 0) is 25.1 Å². The first-order valence-electron chi connectivity index (χ1n) is 8.36. The number of hydrogen-bond acceptors (Lipinski definition) is 5. The lowest BCUT2D eigenvalue weighted by atomic mass is 10.1. The summed E-state index contributed by atoms with van der Waals surface area (Å²) in [7, 11) is 0. The van der Waals surface area contributed by atoms with Gasteiger partial charge < -0.3 is 4.74 Å². The number of nitrogens with zero attached hydrogens (tertiary/aromatic N) is 3. The summed E-state index contributed by atoms with van der Waals surface area (Å²) in [5, 5.41) is 0.272. The first-order chi connectivity index (χ1) is 13.9. The van der Waals surface area contributed by atoms with Crippen LogP contribution < -0.4 is 0 Å². The molecule has 0 aliphatic carbocycles. The minimum atomic E-state index is -1.99. The van der Waals surface area contributed by atoms with Crippen LogP contribution in [-0.4, -0.2) is 27.1 Å². The van der Waals surface area contributed by atoms with Crippen molar-refractivity contribution in [3.05, 3.63) is 65.6 Å². The summed E-state index contributed by atoms with van der Waals surface area (Å²) < 4.78 is 62.6. The maximum absolute atomic E-state index is 14.5. The fourth-order valence-corrected chi connectivity index (χ4v) is 3.75. The first kappa shape index (κ1) is 19.1. The Morgan fingerprint density at radius 2 is 1.90 bits per heavy atom. The van der Waals surface area contributed by atoms with Crippen LogP contribution in [0.2, 0.25) is 0 Å². The van der Waals surface area contributed by atoms with Gasteiger partial charge in [-0.3, -0.25) is 4.57 Å². The molecule has 10 heteroatoms. The highest BCUT2D eigenvalue weighted by Gasteiger charge is 2.29. The van der Waals surface area contributed by atoms with E-state index >= 15 is 0 Å². The molecule has 2 heterocycles. The number of para-hydroxylation sites is 1. The highest BCUT2D eigenvalue weighted by atomic mass is 32.1. The van der Waals surface area contributed by atoms with Gasteiger partial charge in [-0.25, -0.2) is 32.3 Å². The summed E-state index contributed by atoms with van der Waals surface area (Å²) in [5.74, 6) is -8.13. The Bertz CT molecular complexity index is 1220. The standard InChI is InChI=1S/C19H11F4N3O2S/c1-2-28-18(27)16-17(9-7-10(20)14(22)15(23)13(9)21)26(8-24-16)19-25-11-5-3-4-6-12(11)29-19/h3-8H,2H2,1H3. The van der Waals surface area contributed by atoms with E-state index in [1.54, 1.807) is 31.2 Å². The maximum Gasteiger partial charge on any atom is 0.359 e. The molecule has 5 nitrogen and oxygen atoms in total. The third-order valence-electron chi connectivity index (χ3n) is 4.08. The van der Waals surface area contributed by atoms with Crippen LogP contribution in [0.25, 0.3) is 26.6 Å². The second-order valence-corrected chi connectivity index (χ2v) is 6.85. The van der Waals surface area contributed by atoms with Crippen LogP contribution in [0.15, 0.2) is 36.7 Å². The van der Waals surface area contributed by atoms with Gasteiger partial charge in [-0.15, -0.1) is 0 Å². The first-order valence-corrected chi connectivity index (χ1v) is 9.17. The van der Waals surface area contributed by atoms with Gasteiger partial charge in [0.2, 0.25) is 0 Å². The summed E-state index contributed by atoms with van der Waals surface area (Å²) in [6, 6.07) is 7.59. The second kappa shape index (κ2) is 7.28. The molecule has 4 rings (SSSR count). The van der Waals surface area contributed by atoms with Crippen LogP contribution in [0.4, 0.5) is 17.6 Å². The number of benzene rings is 2. The van der Waals surface area contributed by atoms with E-state index in [2.05, 4.69) is 9.97 Å². The molecule has 0 unspecified atom stereocenters. The highest BCUT2D eigenvalue weighted by Crippen LogP contribution is 2.34. The van der Waals surface area contributed by atoms with Gasteiger partial charge in [0.25, 0.3) is 0 Å². The lowest BCUT2D eigenvalue weighted by molar-refractivity contribution is 0.0521. The lowest BCUT2D eigenvalue weighted by Crippen LogP contribution is -2.10. The van der Waals surface area contributed by atoms with Crippen LogP contribution >= 0.6 is 11.3 Å². The maximum atomic E-state index is 14.5. The molecule has 0 aliphatic heterocycles. The molecule has 0 N–H and O–H groups in total. The number of hydrogen-bond donors (Lipinski definition) is 0. The number of ether oxygens (including phenoxy) is 1. The highest BCUT2D eigenvalue weighted by molar-refractivity contribution is 7.20. The molecule has 0 radical (unpaired) electrons. The van der Waals surface area contributed by atoms with Gasteiger partial charge in [0.05, 0.1) is 22.5 Å². The van der Waals surface area contributed by atoms with Crippen LogP contribution in [0, 0.1) is 23.3 Å². The number of carbonyl (C=O) groups excluding carboxylic acids is 1. The van der Waals surface area contributed by atoms with Crippen molar-refractivity contribution < 1.29 is 27.1 Å². The van der Waals surface area contributed by atoms with Crippen molar-refractivity contribution in [3.63, 3.8) is 0 Å². The topological polar surface area (TPSA) is 57.0 Å². The van der Waals surface area contributed by atoms with Crippen molar-refractivity contribution in [3.8, 4) is 16.4 Å². The van der Waals surface area contributed by atoms with Crippen molar-refractivity contribution in [1.82, 2.24) is 14.5 Å². The molecule has 0 aliphatic rings. The summed E-state index contributed by atoms with van der Waals surface area (Å²) >= 11 is 1.19. The van der Waals surface area contributed by atoms with Crippen molar-refractivity contribution in [2.45, 2.75) is 6.92 Å². The van der Waals surface area contributed by atoms with E-state index in [9.17, 15) is 22.4 Å². The fraction of sp³-hybridized carbons (Fsp3) is 0.105. The molecule has 148 valence electrons. The number of halogens is 4. The number of esters is 1. The molecule has 2 aromatic heterocycles. The van der Waals surface area contributed by atoms with Crippen molar-refractivity contribution >= 4 is 27.5 Å². The minimum Gasteiger partial charge on any atom is -0.461 e. The summed E-state index contributed by atoms with van der Waals surface area (Å²) in [4.78, 5) is 20.6. The smallest absolute Gasteiger partial charge is 0.359 e. The van der Waals surface area contributed by atoms with E-state index < -0.39 is 34.8 Å². The molecule has 2 aromatic carbocycles. The van der Waals surface area contributed by atoms with Crippen molar-refractivity contribution in [2.24, 2.45) is 0 Å². The summed E-state index contributed by atoms with van der Waals surface area (Å²) in [6.45, 7) is 1.56. The average molecular weight is 421 g/mol. The Morgan fingerprint density at radius 1 is 1.14 bits per heavy atom. The number of carbonyl (C=O) groups is 1. The Labute approximate surface area is 165 Å². The molecule has 0 bridgehead atoms. The molecule has 4 aromatic rings. The van der Waals surface area contributed by atoms with E-state index in [0.717, 1.165) is 11.0 Å². The molecular formula is C19H11F4N3O2S. The Hall–Kier alpha value is -3.27. The molecule has 0 spiro atoms. The van der Waals surface area contributed by atoms with E-state index in [-0.39, 0.29) is 23.1 Å². The van der Waals surface area contributed by atoms with Gasteiger partial charge in [0.15, 0.2) is 34.1 Å². The molecular weight excluding hydrogens is 410 g/mol. The SMILES string of the molecule is CCOC(=O)c1ncn(-c2nc3ccccc3s2)c1-c1cc(F)c(F)c(F)c1F. The van der Waals surface area contributed by atoms with Gasteiger partial charge in [0, 0.05) is 5.56 Å². The molecule has 29 heavy (non-hydrogen) atoms. The largest absolute Gasteiger partial charge is 0.461 e. The lowest BCUT2D eigenvalue weighted by Gasteiger charge is -2.10. The number of thiazole rings is 1. The Morgan fingerprint density at radius 3 is 2.62 bits per heavy atom. The molecule has 0 amide bonds. The van der Waals surface area contributed by atoms with Crippen LogP contribution in [0.5, 0.6) is 0 Å². The third-order valence-corrected chi connectivity index (χ3v) is 5.12. The van der Waals surface area contributed by atoms with Crippen molar-refractivity contribution in [1.29, 1.82) is 0 Å². The number of fused-ring (bicyclic) bond motifs is 1. The molecule has 0 saturated carbocycles. The zero-order valence-corrected chi connectivity index (χ0v) is 15.6. The van der Waals surface area contributed by atoms with E-state index in [1.807, 2.05) is 0 Å². The predicted octanol–water partition coefficient (Wildman–Crippen LogP) is 4.88. The van der Waals surface area contributed by atoms with Gasteiger partial charge in [0.1, 0.15) is 6.33 Å². The number of imidazole rings is 1. The summed E-state index contributed by atoms with van der Waals surface area (Å²) in [5.41, 5.74) is -0.726. The second-order valence-electron chi connectivity index (χ2n) is 5.84. The zero-order chi connectivity index (χ0) is 20.7. The average Bonchev–Trinajstić information content (AvgIpc) is 3.33. The number of rotatable bonds is 4. The van der Waals surface area contributed by atoms with E-state index in [4.69, 9.17) is 4.74 Å². The summed E-state index contributed by atoms with van der Waals surface area (Å²) in [6.07, 6.45) is 1.16. The number of aromatic nitrogens is 3. The van der Waals surface area contributed by atoms with E-state index in [0.29, 0.717) is 11.6 Å². The Balaban J connectivity index is 2.01. The Kier molecular flexibility index (Phi) is 4.79. The molecule has 0 saturated heterocycles. The fourth-order valence-electron chi connectivity index (χ4n) is 2.81. The monoisotopic (exact) mass is 421 g/mol. The zero-order valence-electron chi connectivity index (χ0n) is 14.7. The van der Waals surface area contributed by atoms with Gasteiger partial charge in [-0.1, -0.05) is 23.5 Å². The van der Waals surface area contributed by atoms with Crippen molar-refractivity contribution in [2.75, 3.05) is 6.61 Å². The van der Waals surface area contributed by atoms with E-state index in [1.165, 1.54) is 15.9 Å². The van der Waals surface area contributed by atoms with Gasteiger partial charge >= 0.3 is 5.97 Å². The minimum absolute atomic E-state index is 0.000886. The van der Waals surface area contributed by atoms with Crippen LogP contribution in [0.1, 0.15) is 17.4 Å². The predicted molar refractivity (Wildman–Crippen MR) is 98.0 cm³/mol. The quantitative estimate of drug-likeness (QED) is 0.204. The van der Waals surface area contributed by atoms with Crippen LogP contribution in [0.3, 0.4) is 0 Å². The third kappa shape index (κ3) is 3.15. The van der Waals surface area contributed by atoms with Crippen LogP contribution in [-0.2, 0) is 4.74 Å². The van der Waals surface area contributed by atoms with Gasteiger partial charge in [-0.2, -0.15) is 0 Å².